The molecule has 0 aliphatic carbocycles. The van der Waals surface area contributed by atoms with Gasteiger partial charge >= 0.3 is 0 Å². The minimum absolute atomic E-state index is 0.0696. The molecular formula is C18H19N5OS. The summed E-state index contributed by atoms with van der Waals surface area (Å²) in [6.45, 7) is 3.87. The summed E-state index contributed by atoms with van der Waals surface area (Å²) in [7, 11) is 1.88. The highest BCUT2D eigenvalue weighted by Crippen LogP contribution is 2.26. The molecular weight excluding hydrogens is 334 g/mol. The Labute approximate surface area is 150 Å². The van der Waals surface area contributed by atoms with Crippen LogP contribution in [0.4, 0.5) is 5.69 Å². The first-order chi connectivity index (χ1) is 12.0. The van der Waals surface area contributed by atoms with Gasteiger partial charge in [-0.3, -0.25) is 9.78 Å². The zero-order valence-corrected chi connectivity index (χ0v) is 15.1. The molecule has 6 nitrogen and oxygen atoms in total. The summed E-state index contributed by atoms with van der Waals surface area (Å²) in [6.07, 6.45) is 3.46. The van der Waals surface area contributed by atoms with Gasteiger partial charge in [0.2, 0.25) is 5.91 Å². The number of carbonyl (C=O) groups excluding carboxylic acids is 1. The van der Waals surface area contributed by atoms with E-state index in [1.807, 2.05) is 61.9 Å². The molecule has 1 N–H and O–H groups in total. The second kappa shape index (κ2) is 7.48. The highest BCUT2D eigenvalue weighted by Gasteiger charge is 2.19. The number of carbonyl (C=O) groups is 1. The van der Waals surface area contributed by atoms with Crippen LogP contribution in [0.3, 0.4) is 0 Å². The number of aromatic nitrogens is 4. The maximum atomic E-state index is 12.4. The Morgan fingerprint density at radius 2 is 1.96 bits per heavy atom. The molecule has 25 heavy (non-hydrogen) atoms. The van der Waals surface area contributed by atoms with Crippen LogP contribution in [0, 0.1) is 6.92 Å². The van der Waals surface area contributed by atoms with Crippen LogP contribution in [0.25, 0.3) is 11.4 Å². The molecule has 7 heteroatoms. The van der Waals surface area contributed by atoms with Crippen LogP contribution in [-0.4, -0.2) is 30.9 Å². The Hall–Kier alpha value is -2.67. The monoisotopic (exact) mass is 353 g/mol. The van der Waals surface area contributed by atoms with Crippen molar-refractivity contribution in [3.8, 4) is 11.4 Å². The van der Waals surface area contributed by atoms with Crippen molar-refractivity contribution in [3.05, 3.63) is 54.4 Å². The van der Waals surface area contributed by atoms with Gasteiger partial charge in [0.1, 0.15) is 0 Å². The van der Waals surface area contributed by atoms with Gasteiger partial charge in [-0.05, 0) is 38.1 Å². The first-order valence-corrected chi connectivity index (χ1v) is 8.76. The topological polar surface area (TPSA) is 72.7 Å². The first kappa shape index (κ1) is 17.2. The largest absolute Gasteiger partial charge is 0.325 e. The van der Waals surface area contributed by atoms with E-state index in [1.165, 1.54) is 11.8 Å². The standard InChI is InChI=1S/C18H19N5OS/c1-12-6-8-15(9-7-12)20-17(24)13(2)25-18-22-21-16(23(18)3)14-5-4-10-19-11-14/h4-11,13H,1-3H3,(H,20,24)/t13-/m0/s1. The molecule has 3 rings (SSSR count). The number of anilines is 1. The Bertz CT molecular complexity index is 861. The molecule has 2 aromatic heterocycles. The second-order valence-electron chi connectivity index (χ2n) is 5.72. The lowest BCUT2D eigenvalue weighted by atomic mass is 10.2. The fourth-order valence-corrected chi connectivity index (χ4v) is 3.07. The van der Waals surface area contributed by atoms with Crippen molar-refractivity contribution >= 4 is 23.4 Å². The summed E-state index contributed by atoms with van der Waals surface area (Å²) in [5, 5.41) is 11.7. The van der Waals surface area contributed by atoms with Crippen LogP contribution < -0.4 is 5.32 Å². The van der Waals surface area contributed by atoms with Gasteiger partial charge in [0.25, 0.3) is 0 Å². The third kappa shape index (κ3) is 4.06. The maximum absolute atomic E-state index is 12.4. The number of nitrogens with one attached hydrogen (secondary N) is 1. The molecule has 1 amide bonds. The summed E-state index contributed by atoms with van der Waals surface area (Å²) < 4.78 is 1.87. The summed E-state index contributed by atoms with van der Waals surface area (Å²) in [5.41, 5.74) is 2.83. The van der Waals surface area contributed by atoms with Crippen molar-refractivity contribution in [1.29, 1.82) is 0 Å². The Morgan fingerprint density at radius 3 is 2.64 bits per heavy atom. The van der Waals surface area contributed by atoms with Gasteiger partial charge in [-0.25, -0.2) is 0 Å². The first-order valence-electron chi connectivity index (χ1n) is 7.88. The lowest BCUT2D eigenvalue weighted by Crippen LogP contribution is -2.22. The molecule has 0 bridgehead atoms. The average molecular weight is 353 g/mol. The third-order valence-electron chi connectivity index (χ3n) is 3.73. The molecule has 0 aliphatic heterocycles. The molecule has 0 spiro atoms. The Kier molecular flexibility index (Phi) is 5.14. The van der Waals surface area contributed by atoms with E-state index in [4.69, 9.17) is 0 Å². The van der Waals surface area contributed by atoms with Crippen molar-refractivity contribution in [2.24, 2.45) is 7.05 Å². The second-order valence-corrected chi connectivity index (χ2v) is 7.03. The highest BCUT2D eigenvalue weighted by atomic mass is 32.2. The number of aryl methyl sites for hydroxylation is 1. The number of rotatable bonds is 5. The quantitative estimate of drug-likeness (QED) is 0.713. The maximum Gasteiger partial charge on any atom is 0.237 e. The van der Waals surface area contributed by atoms with Gasteiger partial charge in [-0.2, -0.15) is 0 Å². The Morgan fingerprint density at radius 1 is 1.20 bits per heavy atom. The Balaban J connectivity index is 1.68. The van der Waals surface area contributed by atoms with E-state index < -0.39 is 0 Å². The smallest absolute Gasteiger partial charge is 0.237 e. The normalized spacial score (nSPS) is 12.0. The minimum Gasteiger partial charge on any atom is -0.325 e. The van der Waals surface area contributed by atoms with Gasteiger partial charge < -0.3 is 9.88 Å². The lowest BCUT2D eigenvalue weighted by molar-refractivity contribution is -0.115. The minimum atomic E-state index is -0.300. The van der Waals surface area contributed by atoms with Crippen molar-refractivity contribution in [2.45, 2.75) is 24.3 Å². The molecule has 2 heterocycles. The predicted octanol–water partition coefficient (Wildman–Crippen LogP) is 3.30. The SMILES string of the molecule is Cc1ccc(NC(=O)[C@H](C)Sc2nnc(-c3cccnc3)n2C)cc1. The molecule has 128 valence electrons. The number of pyridine rings is 1. The van der Waals surface area contributed by atoms with Crippen LogP contribution in [0.15, 0.2) is 53.9 Å². The summed E-state index contributed by atoms with van der Waals surface area (Å²) >= 11 is 1.37. The number of thioether (sulfide) groups is 1. The van der Waals surface area contributed by atoms with Crippen LogP contribution in [0.1, 0.15) is 12.5 Å². The zero-order valence-electron chi connectivity index (χ0n) is 14.3. The molecule has 3 aromatic rings. The van der Waals surface area contributed by atoms with Crippen LogP contribution in [-0.2, 0) is 11.8 Å². The average Bonchev–Trinajstić information content (AvgIpc) is 2.98. The fourth-order valence-electron chi connectivity index (χ4n) is 2.26. The van der Waals surface area contributed by atoms with Gasteiger partial charge in [0, 0.05) is 30.7 Å². The van der Waals surface area contributed by atoms with Gasteiger partial charge in [-0.1, -0.05) is 29.5 Å². The summed E-state index contributed by atoms with van der Waals surface area (Å²) in [4.78, 5) is 16.5. The number of nitrogens with zero attached hydrogens (tertiary/aromatic N) is 4. The zero-order chi connectivity index (χ0) is 17.8. The van der Waals surface area contributed by atoms with Crippen molar-refractivity contribution in [3.63, 3.8) is 0 Å². The van der Waals surface area contributed by atoms with Crippen LogP contribution in [0.5, 0.6) is 0 Å². The molecule has 0 radical (unpaired) electrons. The van der Waals surface area contributed by atoms with Crippen molar-refractivity contribution in [1.82, 2.24) is 19.7 Å². The molecule has 0 saturated heterocycles. The molecule has 0 unspecified atom stereocenters. The lowest BCUT2D eigenvalue weighted by Gasteiger charge is -2.12. The highest BCUT2D eigenvalue weighted by molar-refractivity contribution is 8.00. The van der Waals surface area contributed by atoms with Crippen LogP contribution >= 0.6 is 11.8 Å². The third-order valence-corrected chi connectivity index (χ3v) is 4.86. The predicted molar refractivity (Wildman–Crippen MR) is 99.4 cm³/mol. The molecule has 0 aliphatic rings. The number of hydrogen-bond donors (Lipinski definition) is 1. The van der Waals surface area contributed by atoms with E-state index in [9.17, 15) is 4.79 Å². The fraction of sp³-hybridized carbons (Fsp3) is 0.222. The van der Waals surface area contributed by atoms with Crippen molar-refractivity contribution in [2.75, 3.05) is 5.32 Å². The van der Waals surface area contributed by atoms with E-state index in [2.05, 4.69) is 20.5 Å². The number of amides is 1. The molecule has 1 aromatic carbocycles. The summed E-state index contributed by atoms with van der Waals surface area (Å²) in [5.74, 6) is 0.654. The van der Waals surface area contributed by atoms with E-state index in [-0.39, 0.29) is 11.2 Å². The molecule has 0 saturated carbocycles. The van der Waals surface area contributed by atoms with Gasteiger partial charge in [0.15, 0.2) is 11.0 Å². The van der Waals surface area contributed by atoms with E-state index in [0.717, 1.165) is 22.6 Å². The van der Waals surface area contributed by atoms with E-state index >= 15 is 0 Å². The molecule has 0 fully saturated rings. The number of benzene rings is 1. The van der Waals surface area contributed by atoms with E-state index in [1.54, 1.807) is 12.4 Å². The summed E-state index contributed by atoms with van der Waals surface area (Å²) in [6, 6.07) is 11.5. The molecule has 1 atom stereocenters. The van der Waals surface area contributed by atoms with Crippen molar-refractivity contribution < 1.29 is 4.79 Å². The number of hydrogen-bond acceptors (Lipinski definition) is 5. The van der Waals surface area contributed by atoms with Crippen LogP contribution in [0.2, 0.25) is 0 Å². The van der Waals surface area contributed by atoms with Gasteiger partial charge in [0.05, 0.1) is 5.25 Å². The van der Waals surface area contributed by atoms with Gasteiger partial charge in [-0.15, -0.1) is 10.2 Å². The van der Waals surface area contributed by atoms with E-state index in [0.29, 0.717) is 5.16 Å².